The fraction of sp³-hybridized carbons (Fsp3) is 1.00. The molecule has 0 spiro atoms. The average Bonchev–Trinajstić information content (AvgIpc) is 2.34. The second-order valence-corrected chi connectivity index (χ2v) is 7.91. The van der Waals surface area contributed by atoms with Gasteiger partial charge in [-0.3, -0.25) is 0 Å². The smallest absolute Gasteiger partial charge is 0.143 e. The Labute approximate surface area is 120 Å². The normalized spacial score (nSPS) is 28.7. The number of unbranched alkanes of at least 4 members (excludes halogenated alkanes) is 3. The molecule has 0 radical (unpaired) electrons. The molecule has 0 heterocycles. The molecule has 2 nitrogen and oxygen atoms in total. The van der Waals surface area contributed by atoms with Crippen LogP contribution in [0.2, 0.25) is 0 Å². The molecule has 0 saturated heterocycles. The molecule has 0 aromatic heterocycles. The molecule has 0 N–H and O–H groups in total. The van der Waals surface area contributed by atoms with Gasteiger partial charge >= 0.3 is 8.03 Å². The van der Waals surface area contributed by atoms with Gasteiger partial charge in [0.15, 0.2) is 6.16 Å². The molecular formula is C16H32O2P+. The molecule has 4 atom stereocenters. The Hall–Kier alpha value is 0.0600. The third-order valence-electron chi connectivity index (χ3n) is 4.41. The zero-order valence-corrected chi connectivity index (χ0v) is 14.1. The highest BCUT2D eigenvalue weighted by Crippen LogP contribution is 2.40. The van der Waals surface area contributed by atoms with Crippen LogP contribution in [0.15, 0.2) is 0 Å². The summed E-state index contributed by atoms with van der Waals surface area (Å²) in [6.45, 7) is 9.03. The summed E-state index contributed by atoms with van der Waals surface area (Å²) in [6, 6.07) is 0. The Morgan fingerprint density at radius 2 is 1.95 bits per heavy atom. The minimum Gasteiger partial charge on any atom is -0.143 e. The van der Waals surface area contributed by atoms with E-state index >= 15 is 0 Å². The molecular weight excluding hydrogens is 255 g/mol. The van der Waals surface area contributed by atoms with Crippen LogP contribution in [-0.4, -0.2) is 12.3 Å². The molecule has 1 rings (SSSR count). The minimum atomic E-state index is -1.44. The SMILES string of the molecule is CCCCCC[P+](=O)O[C@H]1C[C@@H](C)CC[C@@H]1C(C)C. The van der Waals surface area contributed by atoms with Gasteiger partial charge in [-0.2, -0.15) is 0 Å². The average molecular weight is 287 g/mol. The van der Waals surface area contributed by atoms with Crippen molar-refractivity contribution in [2.45, 2.75) is 78.7 Å². The van der Waals surface area contributed by atoms with Crippen LogP contribution in [0.25, 0.3) is 0 Å². The van der Waals surface area contributed by atoms with Crippen LogP contribution in [-0.2, 0) is 9.09 Å². The quantitative estimate of drug-likeness (QED) is 0.417. The first-order valence-electron chi connectivity index (χ1n) is 8.16. The van der Waals surface area contributed by atoms with Crippen molar-refractivity contribution in [1.82, 2.24) is 0 Å². The van der Waals surface area contributed by atoms with Crippen LogP contribution >= 0.6 is 8.03 Å². The molecule has 0 aromatic carbocycles. The highest BCUT2D eigenvalue weighted by atomic mass is 31.1. The lowest BCUT2D eigenvalue weighted by molar-refractivity contribution is 0.0523. The lowest BCUT2D eigenvalue weighted by atomic mass is 9.75. The van der Waals surface area contributed by atoms with E-state index in [-0.39, 0.29) is 6.10 Å². The Bertz CT molecular complexity index is 265. The largest absolute Gasteiger partial charge is 0.508 e. The van der Waals surface area contributed by atoms with Crippen molar-refractivity contribution in [2.75, 3.05) is 6.16 Å². The summed E-state index contributed by atoms with van der Waals surface area (Å²) in [6.07, 6.45) is 9.35. The van der Waals surface area contributed by atoms with Gasteiger partial charge in [0.1, 0.15) is 6.10 Å². The van der Waals surface area contributed by atoms with E-state index in [9.17, 15) is 4.57 Å². The predicted molar refractivity (Wildman–Crippen MR) is 82.8 cm³/mol. The molecule has 1 fully saturated rings. The van der Waals surface area contributed by atoms with Crippen LogP contribution in [0.1, 0.15) is 72.6 Å². The Balaban J connectivity index is 2.36. The van der Waals surface area contributed by atoms with Crippen LogP contribution in [0, 0.1) is 17.8 Å². The lowest BCUT2D eigenvalue weighted by Gasteiger charge is -2.33. The van der Waals surface area contributed by atoms with Crippen LogP contribution in [0.3, 0.4) is 0 Å². The van der Waals surface area contributed by atoms with Crippen molar-refractivity contribution in [1.29, 1.82) is 0 Å². The van der Waals surface area contributed by atoms with E-state index in [0.717, 1.165) is 24.9 Å². The van der Waals surface area contributed by atoms with E-state index in [1.54, 1.807) is 0 Å². The fourth-order valence-corrected chi connectivity index (χ4v) is 4.24. The summed E-state index contributed by atoms with van der Waals surface area (Å²) in [5.41, 5.74) is 0. The molecule has 1 saturated carbocycles. The molecule has 112 valence electrons. The van der Waals surface area contributed by atoms with Crippen molar-refractivity contribution < 1.29 is 9.09 Å². The molecule has 0 aliphatic heterocycles. The van der Waals surface area contributed by atoms with Crippen molar-refractivity contribution >= 4 is 8.03 Å². The second-order valence-electron chi connectivity index (χ2n) is 6.59. The maximum Gasteiger partial charge on any atom is 0.508 e. The summed E-state index contributed by atoms with van der Waals surface area (Å²) in [5, 5.41) is 0. The van der Waals surface area contributed by atoms with Gasteiger partial charge in [0.25, 0.3) is 0 Å². The third kappa shape index (κ3) is 6.36. The summed E-state index contributed by atoms with van der Waals surface area (Å²) in [4.78, 5) is 0. The summed E-state index contributed by atoms with van der Waals surface area (Å²) >= 11 is 0. The zero-order chi connectivity index (χ0) is 14.3. The highest BCUT2D eigenvalue weighted by Gasteiger charge is 2.36. The molecule has 1 aliphatic rings. The summed E-state index contributed by atoms with van der Waals surface area (Å²) < 4.78 is 18.0. The maximum absolute atomic E-state index is 12.1. The zero-order valence-electron chi connectivity index (χ0n) is 13.2. The molecule has 0 bridgehead atoms. The second kappa shape index (κ2) is 9.08. The highest BCUT2D eigenvalue weighted by molar-refractivity contribution is 7.39. The van der Waals surface area contributed by atoms with E-state index in [0.29, 0.717) is 11.8 Å². The van der Waals surface area contributed by atoms with Crippen LogP contribution in [0.5, 0.6) is 0 Å². The Morgan fingerprint density at radius 3 is 2.58 bits per heavy atom. The number of hydrogen-bond donors (Lipinski definition) is 0. The minimum absolute atomic E-state index is 0.235. The van der Waals surface area contributed by atoms with Crippen LogP contribution in [0.4, 0.5) is 0 Å². The Kier molecular flexibility index (Phi) is 8.18. The van der Waals surface area contributed by atoms with Gasteiger partial charge in [-0.1, -0.05) is 47.0 Å². The van der Waals surface area contributed by atoms with E-state index in [1.165, 1.54) is 32.1 Å². The first kappa shape index (κ1) is 17.1. The number of rotatable bonds is 8. The molecule has 0 amide bonds. The van der Waals surface area contributed by atoms with Gasteiger partial charge in [-0.05, 0) is 48.0 Å². The van der Waals surface area contributed by atoms with Crippen molar-refractivity contribution in [3.8, 4) is 0 Å². The number of hydrogen-bond acceptors (Lipinski definition) is 2. The monoisotopic (exact) mass is 287 g/mol. The van der Waals surface area contributed by atoms with E-state index < -0.39 is 8.03 Å². The van der Waals surface area contributed by atoms with Gasteiger partial charge < -0.3 is 0 Å². The first-order chi connectivity index (χ1) is 9.04. The van der Waals surface area contributed by atoms with Gasteiger partial charge in [-0.25, -0.2) is 0 Å². The molecule has 1 aliphatic carbocycles. The fourth-order valence-electron chi connectivity index (χ4n) is 3.11. The van der Waals surface area contributed by atoms with Gasteiger partial charge in [0.2, 0.25) is 0 Å². The molecule has 19 heavy (non-hydrogen) atoms. The molecule has 1 unspecified atom stereocenters. The Morgan fingerprint density at radius 1 is 1.21 bits per heavy atom. The summed E-state index contributed by atoms with van der Waals surface area (Å²) in [7, 11) is -1.44. The van der Waals surface area contributed by atoms with Gasteiger partial charge in [0.05, 0.1) is 0 Å². The van der Waals surface area contributed by atoms with E-state index in [1.807, 2.05) is 0 Å². The van der Waals surface area contributed by atoms with Gasteiger partial charge in [0, 0.05) is 0 Å². The first-order valence-corrected chi connectivity index (χ1v) is 9.52. The topological polar surface area (TPSA) is 26.3 Å². The standard InChI is InChI=1S/C16H32O2P/c1-5-6-7-8-11-19(17)18-16-12-14(4)9-10-15(16)13(2)3/h13-16H,5-12H2,1-4H3/q+1/t14-,15+,16-/m0/s1. The molecule has 0 aromatic rings. The van der Waals surface area contributed by atoms with Gasteiger partial charge in [-0.15, -0.1) is 4.52 Å². The third-order valence-corrected chi connectivity index (χ3v) is 5.60. The van der Waals surface area contributed by atoms with E-state index in [2.05, 4.69) is 27.7 Å². The van der Waals surface area contributed by atoms with E-state index in [4.69, 9.17) is 4.52 Å². The summed E-state index contributed by atoms with van der Waals surface area (Å²) in [5.74, 6) is 1.97. The van der Waals surface area contributed by atoms with Crippen molar-refractivity contribution in [3.05, 3.63) is 0 Å². The predicted octanol–water partition coefficient (Wildman–Crippen LogP) is 5.79. The van der Waals surface area contributed by atoms with Crippen molar-refractivity contribution in [2.24, 2.45) is 17.8 Å². The maximum atomic E-state index is 12.1. The van der Waals surface area contributed by atoms with Crippen LogP contribution < -0.4 is 0 Å². The van der Waals surface area contributed by atoms with Crippen molar-refractivity contribution in [3.63, 3.8) is 0 Å². The molecule has 3 heteroatoms. The lowest BCUT2D eigenvalue weighted by Crippen LogP contribution is -2.33.